The van der Waals surface area contributed by atoms with Crippen LogP contribution < -0.4 is 12.4 Å². The van der Waals surface area contributed by atoms with Crippen LogP contribution >= 0.6 is 11.6 Å². The highest BCUT2D eigenvalue weighted by atomic mass is 35.5. The van der Waals surface area contributed by atoms with E-state index in [0.29, 0.717) is 17.1 Å². The fraction of sp³-hybridized carbons (Fsp3) is 0.316. The first kappa shape index (κ1) is 18.8. The lowest BCUT2D eigenvalue weighted by Gasteiger charge is -2.25. The van der Waals surface area contributed by atoms with Gasteiger partial charge in [-0.05, 0) is 22.3 Å². The van der Waals surface area contributed by atoms with E-state index in [4.69, 9.17) is 16.3 Å². The van der Waals surface area contributed by atoms with E-state index in [0.717, 1.165) is 0 Å². The van der Waals surface area contributed by atoms with Gasteiger partial charge in [0.25, 0.3) is 0 Å². The van der Waals surface area contributed by atoms with Crippen molar-refractivity contribution in [2.45, 2.75) is 5.92 Å². The number of likely N-dealkylation sites (N-methyl/N-ethyl adjacent to an activating group) is 1. The second kappa shape index (κ2) is 7.56. The quantitative estimate of drug-likeness (QED) is 0.336. The van der Waals surface area contributed by atoms with Gasteiger partial charge in [-0.1, -0.05) is 60.1 Å². The normalized spacial score (nSPS) is 13.0. The molecule has 0 amide bonds. The lowest BCUT2D eigenvalue weighted by atomic mass is 9.98. The van der Waals surface area contributed by atoms with Gasteiger partial charge in [-0.25, -0.2) is 4.79 Å². The summed E-state index contributed by atoms with van der Waals surface area (Å²) in [4.78, 5) is 12.1. The summed E-state index contributed by atoms with van der Waals surface area (Å²) in [6.45, 7) is 0.647. The van der Waals surface area contributed by atoms with Crippen LogP contribution in [-0.2, 0) is 9.53 Å². The van der Waals surface area contributed by atoms with Crippen LogP contribution in [0.4, 0.5) is 0 Å². The third-order valence-electron chi connectivity index (χ3n) is 4.25. The van der Waals surface area contributed by atoms with Crippen molar-refractivity contribution in [3.05, 3.63) is 59.7 Å². The number of esters is 1. The maximum Gasteiger partial charge on any atom is 0.361 e. The molecule has 0 heterocycles. The molecule has 0 radical (unpaired) electrons. The third kappa shape index (κ3) is 3.75. The van der Waals surface area contributed by atoms with Crippen molar-refractivity contribution < 1.29 is 26.4 Å². The first-order valence-electron chi connectivity index (χ1n) is 7.73. The molecule has 2 aromatic carbocycles. The summed E-state index contributed by atoms with van der Waals surface area (Å²) in [5.41, 5.74) is 4.93. The summed E-state index contributed by atoms with van der Waals surface area (Å²) in [7, 11) is 3.82. The van der Waals surface area contributed by atoms with Crippen LogP contribution in [0.15, 0.2) is 48.5 Å². The molecule has 0 atom stereocenters. The number of carbonyl (C=O) groups is 1. The summed E-state index contributed by atoms with van der Waals surface area (Å²) in [6.07, 6.45) is 0. The van der Waals surface area contributed by atoms with Crippen molar-refractivity contribution >= 4 is 17.6 Å². The number of halogens is 2. The molecule has 128 valence electrons. The molecule has 0 N–H and O–H groups in total. The Hall–Kier alpha value is -1.55. The average molecular weight is 366 g/mol. The van der Waals surface area contributed by atoms with Gasteiger partial charge in [0.1, 0.15) is 6.61 Å². The van der Waals surface area contributed by atoms with E-state index < -0.39 is 0 Å². The zero-order valence-corrected chi connectivity index (χ0v) is 15.3. The molecule has 3 nitrogen and oxygen atoms in total. The molecule has 5 heteroatoms. The Balaban J connectivity index is 0.00000208. The SMILES string of the molecule is C[N+](C)(CCl)CC(=O)OCC1c2ccccc2-c2ccccc21.[Cl-]. The lowest BCUT2D eigenvalue weighted by molar-refractivity contribution is -0.871. The van der Waals surface area contributed by atoms with Gasteiger partial charge in [0.05, 0.1) is 14.1 Å². The van der Waals surface area contributed by atoms with Crippen molar-refractivity contribution in [1.29, 1.82) is 0 Å². The molecule has 0 unspecified atom stereocenters. The van der Waals surface area contributed by atoms with E-state index in [1.165, 1.54) is 22.3 Å². The molecular weight excluding hydrogens is 345 g/mol. The van der Waals surface area contributed by atoms with Gasteiger partial charge < -0.3 is 21.6 Å². The fourth-order valence-corrected chi connectivity index (χ4v) is 3.14. The Labute approximate surface area is 154 Å². The van der Waals surface area contributed by atoms with E-state index in [-0.39, 0.29) is 30.8 Å². The van der Waals surface area contributed by atoms with Crippen LogP contribution in [0.25, 0.3) is 11.1 Å². The molecule has 0 saturated carbocycles. The van der Waals surface area contributed by atoms with Crippen molar-refractivity contribution in [2.75, 3.05) is 33.3 Å². The van der Waals surface area contributed by atoms with Crippen LogP contribution in [0.3, 0.4) is 0 Å². The molecule has 24 heavy (non-hydrogen) atoms. The number of carbonyl (C=O) groups excluding carboxylic acids is 1. The lowest BCUT2D eigenvalue weighted by Crippen LogP contribution is -3.00. The maximum atomic E-state index is 12.1. The number of hydrogen-bond donors (Lipinski definition) is 0. The Morgan fingerprint density at radius 2 is 1.54 bits per heavy atom. The minimum Gasteiger partial charge on any atom is -1.00 e. The summed E-state index contributed by atoms with van der Waals surface area (Å²) in [5, 5.41) is 0. The number of rotatable bonds is 5. The van der Waals surface area contributed by atoms with Gasteiger partial charge in [-0.2, -0.15) is 0 Å². The second-order valence-corrected chi connectivity index (χ2v) is 6.86. The molecule has 0 saturated heterocycles. The Morgan fingerprint density at radius 3 is 2.04 bits per heavy atom. The number of fused-ring (bicyclic) bond motifs is 3. The van der Waals surface area contributed by atoms with Gasteiger partial charge in [-0.3, -0.25) is 0 Å². The largest absolute Gasteiger partial charge is 1.00 e. The first-order valence-corrected chi connectivity index (χ1v) is 8.27. The van der Waals surface area contributed by atoms with Gasteiger partial charge in [0.2, 0.25) is 0 Å². The molecular formula is C19H21Cl2NO2. The van der Waals surface area contributed by atoms with E-state index in [1.807, 2.05) is 38.4 Å². The molecule has 0 aromatic heterocycles. The molecule has 1 aliphatic rings. The standard InChI is InChI=1S/C19H21ClNO2.ClH/c1-21(2,13-20)11-19(22)23-12-18-16-9-5-3-7-14(16)15-8-4-6-10-17(15)18;/h3-10,18H,11-13H2,1-2H3;1H/q+1;/p-1. The summed E-state index contributed by atoms with van der Waals surface area (Å²) in [6, 6.07) is 17.0. The molecule has 3 rings (SSSR count). The van der Waals surface area contributed by atoms with Crippen LogP contribution in [0.5, 0.6) is 0 Å². The highest BCUT2D eigenvalue weighted by molar-refractivity contribution is 6.17. The Bertz CT molecular complexity index is 685. The van der Waals surface area contributed by atoms with Crippen molar-refractivity contribution in [2.24, 2.45) is 0 Å². The van der Waals surface area contributed by atoms with Crippen molar-refractivity contribution in [3.8, 4) is 11.1 Å². The third-order valence-corrected chi connectivity index (χ3v) is 4.90. The predicted molar refractivity (Wildman–Crippen MR) is 92.4 cm³/mol. The number of nitrogens with zero attached hydrogens (tertiary/aromatic N) is 1. The number of hydrogen-bond acceptors (Lipinski definition) is 2. The zero-order chi connectivity index (χ0) is 16.4. The average Bonchev–Trinajstić information content (AvgIpc) is 2.87. The summed E-state index contributed by atoms with van der Waals surface area (Å²) < 4.78 is 5.98. The van der Waals surface area contributed by atoms with E-state index in [9.17, 15) is 4.79 Å². The van der Waals surface area contributed by atoms with Gasteiger partial charge in [0, 0.05) is 5.92 Å². The molecule has 0 bridgehead atoms. The highest BCUT2D eigenvalue weighted by Gasteiger charge is 2.29. The monoisotopic (exact) mass is 365 g/mol. The first-order chi connectivity index (χ1) is 11.0. The fourth-order valence-electron chi connectivity index (χ4n) is 3.05. The van der Waals surface area contributed by atoms with Crippen molar-refractivity contribution in [3.63, 3.8) is 0 Å². The molecule has 2 aromatic rings. The molecule has 0 fully saturated rings. The predicted octanol–water partition coefficient (Wildman–Crippen LogP) is 0.619. The van der Waals surface area contributed by atoms with Gasteiger partial charge in [-0.15, -0.1) is 0 Å². The van der Waals surface area contributed by atoms with E-state index in [2.05, 4.69) is 24.3 Å². The van der Waals surface area contributed by atoms with E-state index in [1.54, 1.807) is 0 Å². The molecule has 0 spiro atoms. The smallest absolute Gasteiger partial charge is 0.361 e. The summed E-state index contributed by atoms with van der Waals surface area (Å²) >= 11 is 5.86. The topological polar surface area (TPSA) is 26.3 Å². The van der Waals surface area contributed by atoms with Crippen LogP contribution in [0.2, 0.25) is 0 Å². The summed E-state index contributed by atoms with van der Waals surface area (Å²) in [5.74, 6) is -0.101. The maximum absolute atomic E-state index is 12.1. The zero-order valence-electron chi connectivity index (χ0n) is 13.8. The number of quaternary nitrogens is 1. The minimum absolute atomic E-state index is 0. The second-order valence-electron chi connectivity index (χ2n) is 6.62. The number of alkyl halides is 1. The van der Waals surface area contributed by atoms with Crippen LogP contribution in [-0.4, -0.2) is 43.7 Å². The highest BCUT2D eigenvalue weighted by Crippen LogP contribution is 2.44. The number of benzene rings is 2. The van der Waals surface area contributed by atoms with Crippen LogP contribution in [0, 0.1) is 0 Å². The van der Waals surface area contributed by atoms with E-state index >= 15 is 0 Å². The van der Waals surface area contributed by atoms with Crippen molar-refractivity contribution in [1.82, 2.24) is 0 Å². The Kier molecular flexibility index (Phi) is 5.92. The van der Waals surface area contributed by atoms with Gasteiger partial charge in [0.15, 0.2) is 12.5 Å². The molecule has 1 aliphatic carbocycles. The van der Waals surface area contributed by atoms with Gasteiger partial charge >= 0.3 is 5.97 Å². The van der Waals surface area contributed by atoms with Crippen LogP contribution in [0.1, 0.15) is 17.0 Å². The Morgan fingerprint density at radius 1 is 1.04 bits per heavy atom. The number of ether oxygens (including phenoxy) is 1. The minimum atomic E-state index is -0.211. The molecule has 0 aliphatic heterocycles.